The molecule has 0 N–H and O–H groups in total. The van der Waals surface area contributed by atoms with Crippen molar-refractivity contribution in [1.82, 2.24) is 0 Å². The smallest absolute Gasteiger partial charge is 0.430 e. The zero-order valence-corrected chi connectivity index (χ0v) is 19.4. The minimum absolute atomic E-state index is 0.0671. The molecular weight excluding hydrogens is 442 g/mol. The molecule has 1 aromatic carbocycles. The highest BCUT2D eigenvalue weighted by molar-refractivity contribution is 5.37. The molecule has 33 heavy (non-hydrogen) atoms. The van der Waals surface area contributed by atoms with Crippen molar-refractivity contribution in [2.45, 2.75) is 108 Å². The van der Waals surface area contributed by atoms with Crippen molar-refractivity contribution in [3.63, 3.8) is 0 Å². The summed E-state index contributed by atoms with van der Waals surface area (Å²) in [6.45, 7) is 2.23. The fourth-order valence-corrected chi connectivity index (χ4v) is 5.83. The molecule has 0 radical (unpaired) electrons. The van der Waals surface area contributed by atoms with E-state index >= 15 is 0 Å². The topological polar surface area (TPSA) is 9.23 Å². The van der Waals surface area contributed by atoms with Gasteiger partial charge in [0.1, 0.15) is 5.75 Å². The SMILES string of the molecule is CCCCCC1CCC(C2CCC(c3ccccc3OC(F)(F)C(F)C(F)(F)F)CC2)CC1. The average molecular weight is 479 g/mol. The molecule has 0 amide bonds. The summed E-state index contributed by atoms with van der Waals surface area (Å²) in [5, 5.41) is 0. The van der Waals surface area contributed by atoms with Crippen molar-refractivity contribution in [2.75, 3.05) is 0 Å². The highest BCUT2D eigenvalue weighted by Gasteiger charge is 2.59. The number of ether oxygens (including phenoxy) is 1. The molecule has 0 saturated heterocycles. The van der Waals surface area contributed by atoms with Gasteiger partial charge in [-0.25, -0.2) is 4.39 Å². The van der Waals surface area contributed by atoms with Crippen LogP contribution in [0.25, 0.3) is 0 Å². The second kappa shape index (κ2) is 11.4. The molecular formula is C26H36F6O. The van der Waals surface area contributed by atoms with Crippen LogP contribution in [-0.4, -0.2) is 18.5 Å². The van der Waals surface area contributed by atoms with Crippen LogP contribution in [0.2, 0.25) is 0 Å². The first-order chi connectivity index (χ1) is 15.6. The minimum Gasteiger partial charge on any atom is -0.430 e. The van der Waals surface area contributed by atoms with Gasteiger partial charge in [0.15, 0.2) is 0 Å². The number of benzene rings is 1. The quantitative estimate of drug-likeness (QED) is 0.254. The third kappa shape index (κ3) is 7.05. The van der Waals surface area contributed by atoms with Crippen molar-refractivity contribution in [3.05, 3.63) is 29.8 Å². The van der Waals surface area contributed by atoms with E-state index in [1.165, 1.54) is 63.5 Å². The van der Waals surface area contributed by atoms with Crippen molar-refractivity contribution < 1.29 is 31.1 Å². The Balaban J connectivity index is 1.54. The first-order valence-electron chi connectivity index (χ1n) is 12.5. The zero-order chi connectivity index (χ0) is 24.1. The van der Waals surface area contributed by atoms with Crippen LogP contribution in [-0.2, 0) is 0 Å². The summed E-state index contributed by atoms with van der Waals surface area (Å²) in [4.78, 5) is 0. The third-order valence-corrected chi connectivity index (χ3v) is 7.73. The maximum Gasteiger partial charge on any atom is 0.439 e. The molecule has 2 fully saturated rings. The molecule has 188 valence electrons. The van der Waals surface area contributed by atoms with E-state index in [0.29, 0.717) is 17.4 Å². The summed E-state index contributed by atoms with van der Waals surface area (Å²) in [6, 6.07) is 5.89. The van der Waals surface area contributed by atoms with Crippen molar-refractivity contribution in [1.29, 1.82) is 0 Å². The van der Waals surface area contributed by atoms with Gasteiger partial charge in [-0.3, -0.25) is 0 Å². The summed E-state index contributed by atoms with van der Waals surface area (Å²) in [6.07, 6.45) is -1.18. The summed E-state index contributed by atoms with van der Waals surface area (Å²) in [5.74, 6) is 1.76. The van der Waals surface area contributed by atoms with Crippen LogP contribution in [0.3, 0.4) is 0 Å². The van der Waals surface area contributed by atoms with Gasteiger partial charge in [-0.05, 0) is 73.8 Å². The van der Waals surface area contributed by atoms with Gasteiger partial charge in [0.2, 0.25) is 0 Å². The molecule has 0 aromatic heterocycles. The second-order valence-corrected chi connectivity index (χ2v) is 9.99. The van der Waals surface area contributed by atoms with Crippen LogP contribution in [0.5, 0.6) is 5.75 Å². The van der Waals surface area contributed by atoms with Gasteiger partial charge < -0.3 is 4.74 Å². The third-order valence-electron chi connectivity index (χ3n) is 7.73. The highest BCUT2D eigenvalue weighted by atomic mass is 19.4. The Kier molecular flexibility index (Phi) is 9.02. The molecule has 2 aliphatic rings. The fraction of sp³-hybridized carbons (Fsp3) is 0.769. The van der Waals surface area contributed by atoms with Crippen LogP contribution in [0.4, 0.5) is 26.3 Å². The first-order valence-corrected chi connectivity index (χ1v) is 12.5. The van der Waals surface area contributed by atoms with Gasteiger partial charge >= 0.3 is 12.3 Å². The fourth-order valence-electron chi connectivity index (χ4n) is 5.83. The number of unbranched alkanes of at least 4 members (excludes halogenated alkanes) is 2. The Bertz CT molecular complexity index is 718. The van der Waals surface area contributed by atoms with Crippen LogP contribution in [0, 0.1) is 17.8 Å². The predicted octanol–water partition coefficient (Wildman–Crippen LogP) is 9.22. The Morgan fingerprint density at radius 3 is 2.00 bits per heavy atom. The van der Waals surface area contributed by atoms with E-state index in [9.17, 15) is 26.3 Å². The molecule has 0 spiro atoms. The lowest BCUT2D eigenvalue weighted by atomic mass is 9.68. The van der Waals surface area contributed by atoms with E-state index in [-0.39, 0.29) is 11.7 Å². The molecule has 1 unspecified atom stereocenters. The van der Waals surface area contributed by atoms with Crippen molar-refractivity contribution in [3.8, 4) is 5.75 Å². The highest BCUT2D eigenvalue weighted by Crippen LogP contribution is 2.47. The Morgan fingerprint density at radius 1 is 0.848 bits per heavy atom. The molecule has 0 aliphatic heterocycles. The molecule has 1 aromatic rings. The van der Waals surface area contributed by atoms with Crippen LogP contribution in [0.1, 0.15) is 95.5 Å². The van der Waals surface area contributed by atoms with Crippen molar-refractivity contribution >= 4 is 0 Å². The Hall–Kier alpha value is -1.40. The minimum atomic E-state index is -5.69. The van der Waals surface area contributed by atoms with E-state index in [0.717, 1.165) is 31.6 Å². The summed E-state index contributed by atoms with van der Waals surface area (Å²) < 4.78 is 82.9. The maximum atomic E-state index is 13.9. The van der Waals surface area contributed by atoms with Crippen LogP contribution in [0.15, 0.2) is 24.3 Å². The zero-order valence-electron chi connectivity index (χ0n) is 19.4. The molecule has 1 nitrogen and oxygen atoms in total. The maximum absolute atomic E-state index is 13.9. The second-order valence-electron chi connectivity index (χ2n) is 9.99. The van der Waals surface area contributed by atoms with Gasteiger partial charge in [0, 0.05) is 0 Å². The summed E-state index contributed by atoms with van der Waals surface area (Å²) >= 11 is 0. The largest absolute Gasteiger partial charge is 0.439 e. The lowest BCUT2D eigenvalue weighted by molar-refractivity contribution is -0.305. The standard InChI is InChI=1S/C26H36F6O/c1-2-3-4-7-18-10-12-19(13-11-18)20-14-16-21(17-15-20)22-8-5-6-9-23(22)33-26(31,32)24(27)25(28,29)30/h5-6,8-9,18-21,24H,2-4,7,10-17H2,1H3. The van der Waals surface area contributed by atoms with Gasteiger partial charge in [0.25, 0.3) is 6.17 Å². The lowest BCUT2D eigenvalue weighted by Crippen LogP contribution is -2.45. The van der Waals surface area contributed by atoms with Crippen LogP contribution >= 0.6 is 0 Å². The number of halogens is 6. The Morgan fingerprint density at radius 2 is 1.42 bits per heavy atom. The van der Waals surface area contributed by atoms with Gasteiger partial charge in [-0.15, -0.1) is 0 Å². The monoisotopic (exact) mass is 478 g/mol. The molecule has 3 rings (SSSR count). The van der Waals surface area contributed by atoms with Gasteiger partial charge in [-0.1, -0.05) is 63.6 Å². The first kappa shape index (κ1) is 26.2. The van der Waals surface area contributed by atoms with Gasteiger partial charge in [-0.2, -0.15) is 22.0 Å². The van der Waals surface area contributed by atoms with E-state index < -0.39 is 18.5 Å². The summed E-state index contributed by atoms with van der Waals surface area (Å²) in [7, 11) is 0. The van der Waals surface area contributed by atoms with Crippen LogP contribution < -0.4 is 4.74 Å². The lowest BCUT2D eigenvalue weighted by Gasteiger charge is -2.38. The molecule has 0 heterocycles. The number of hydrogen-bond acceptors (Lipinski definition) is 1. The van der Waals surface area contributed by atoms with E-state index in [4.69, 9.17) is 0 Å². The number of rotatable bonds is 9. The van der Waals surface area contributed by atoms with Gasteiger partial charge in [0.05, 0.1) is 0 Å². The number of hydrogen-bond donors (Lipinski definition) is 0. The van der Waals surface area contributed by atoms with E-state index in [2.05, 4.69) is 11.7 Å². The van der Waals surface area contributed by atoms with Crippen molar-refractivity contribution in [2.24, 2.45) is 17.8 Å². The normalized spacial score (nSPS) is 27.8. The molecule has 2 aliphatic carbocycles. The predicted molar refractivity (Wildman–Crippen MR) is 117 cm³/mol. The molecule has 1 atom stereocenters. The Labute approximate surface area is 193 Å². The van der Waals surface area contributed by atoms with E-state index in [1.807, 2.05) is 0 Å². The van der Waals surface area contributed by atoms with E-state index in [1.54, 1.807) is 12.1 Å². The molecule has 7 heteroatoms. The molecule has 2 saturated carbocycles. The number of para-hydroxylation sites is 1. The molecule has 0 bridgehead atoms. The average Bonchev–Trinajstić information content (AvgIpc) is 2.79. The number of alkyl halides is 6. The summed E-state index contributed by atoms with van der Waals surface area (Å²) in [5.41, 5.74) is 0.449.